The molecule has 0 saturated carbocycles. The number of benzene rings is 3. The van der Waals surface area contributed by atoms with E-state index in [0.717, 1.165) is 10.5 Å². The summed E-state index contributed by atoms with van der Waals surface area (Å²) < 4.78 is 24.2. The minimum absolute atomic E-state index is 0.107. The van der Waals surface area contributed by atoms with Crippen molar-refractivity contribution in [2.24, 2.45) is 0 Å². The highest BCUT2D eigenvalue weighted by molar-refractivity contribution is 6.46. The van der Waals surface area contributed by atoms with Crippen LogP contribution in [-0.4, -0.2) is 18.6 Å². The molecule has 5 rings (SSSR count). The van der Waals surface area contributed by atoms with E-state index in [9.17, 15) is 14.0 Å². The zero-order valence-corrected chi connectivity index (χ0v) is 16.5. The Labute approximate surface area is 177 Å². The third kappa shape index (κ3) is 3.30. The molecule has 2 amide bonds. The van der Waals surface area contributed by atoms with Gasteiger partial charge in [-0.2, -0.15) is 0 Å². The van der Waals surface area contributed by atoms with Crippen LogP contribution >= 0.6 is 0 Å². The molecule has 3 aromatic rings. The van der Waals surface area contributed by atoms with E-state index >= 15 is 0 Å². The molecule has 0 aliphatic carbocycles. The number of aryl methyl sites for hydroxylation is 1. The van der Waals surface area contributed by atoms with Crippen molar-refractivity contribution in [3.63, 3.8) is 0 Å². The van der Waals surface area contributed by atoms with Gasteiger partial charge in [-0.05, 0) is 48.9 Å². The van der Waals surface area contributed by atoms with E-state index in [2.05, 4.69) is 5.32 Å². The molecule has 154 valence electrons. The normalized spacial score (nSPS) is 15.1. The lowest BCUT2D eigenvalue weighted by molar-refractivity contribution is -0.120. The first-order valence-electron chi connectivity index (χ1n) is 9.63. The summed E-state index contributed by atoms with van der Waals surface area (Å²) in [4.78, 5) is 27.8. The summed E-state index contributed by atoms with van der Waals surface area (Å²) in [5.74, 6) is -0.258. The summed E-state index contributed by atoms with van der Waals surface area (Å²) in [6.45, 7) is 2.05. The van der Waals surface area contributed by atoms with Gasteiger partial charge in [0.25, 0.3) is 11.8 Å². The van der Waals surface area contributed by atoms with Gasteiger partial charge in [0.2, 0.25) is 6.79 Å². The Kier molecular flexibility index (Phi) is 4.43. The van der Waals surface area contributed by atoms with E-state index in [1.807, 2.05) is 19.1 Å². The number of amides is 2. The fraction of sp³-hybridized carbons (Fsp3) is 0.0833. The number of fused-ring (bicyclic) bond motifs is 1. The second kappa shape index (κ2) is 7.28. The number of ether oxygens (including phenoxy) is 2. The van der Waals surface area contributed by atoms with Gasteiger partial charge in [0.15, 0.2) is 11.5 Å². The fourth-order valence-electron chi connectivity index (χ4n) is 3.58. The molecule has 0 spiro atoms. The van der Waals surface area contributed by atoms with Gasteiger partial charge in [-0.15, -0.1) is 0 Å². The number of hydrogen-bond donors (Lipinski definition) is 1. The highest BCUT2D eigenvalue weighted by atomic mass is 19.1. The van der Waals surface area contributed by atoms with Gasteiger partial charge in [0, 0.05) is 11.8 Å². The van der Waals surface area contributed by atoms with Crippen LogP contribution in [0.3, 0.4) is 0 Å². The molecule has 0 radical (unpaired) electrons. The number of rotatable bonds is 4. The molecule has 0 bridgehead atoms. The Morgan fingerprint density at radius 1 is 0.871 bits per heavy atom. The number of anilines is 2. The van der Waals surface area contributed by atoms with Gasteiger partial charge in [-0.25, -0.2) is 9.29 Å². The van der Waals surface area contributed by atoms with Crippen LogP contribution in [0.4, 0.5) is 15.8 Å². The van der Waals surface area contributed by atoms with Gasteiger partial charge in [0.1, 0.15) is 11.5 Å². The van der Waals surface area contributed by atoms with Gasteiger partial charge in [-0.3, -0.25) is 9.59 Å². The first kappa shape index (κ1) is 18.9. The van der Waals surface area contributed by atoms with Gasteiger partial charge in [0.05, 0.1) is 11.3 Å². The lowest BCUT2D eigenvalue weighted by Gasteiger charge is -2.15. The molecule has 0 atom stereocenters. The second-order valence-electron chi connectivity index (χ2n) is 7.23. The topological polar surface area (TPSA) is 67.9 Å². The van der Waals surface area contributed by atoms with Crippen molar-refractivity contribution in [2.75, 3.05) is 17.0 Å². The van der Waals surface area contributed by atoms with Gasteiger partial charge in [-0.1, -0.05) is 29.8 Å². The zero-order valence-electron chi connectivity index (χ0n) is 16.5. The lowest BCUT2D eigenvalue weighted by atomic mass is 10.0. The number of imide groups is 1. The Balaban J connectivity index is 1.59. The quantitative estimate of drug-likeness (QED) is 0.644. The number of halogens is 1. The molecular formula is C24H17FN2O4. The molecule has 0 unspecified atom stereocenters. The maximum absolute atomic E-state index is 13.5. The second-order valence-corrected chi connectivity index (χ2v) is 7.23. The van der Waals surface area contributed by atoms with Crippen LogP contribution in [0.5, 0.6) is 11.5 Å². The van der Waals surface area contributed by atoms with E-state index in [-0.39, 0.29) is 18.1 Å². The maximum atomic E-state index is 13.5. The number of carbonyl (C=O) groups excluding carboxylic acids is 2. The van der Waals surface area contributed by atoms with Crippen LogP contribution in [0, 0.1) is 12.7 Å². The molecule has 2 aliphatic rings. The lowest BCUT2D eigenvalue weighted by Crippen LogP contribution is -2.32. The average molecular weight is 416 g/mol. The molecule has 3 aromatic carbocycles. The van der Waals surface area contributed by atoms with E-state index in [4.69, 9.17) is 9.47 Å². The standard InChI is InChI=1S/C24H17FN2O4/c1-14-2-9-18(10-3-14)27-23(28)21(15-4-6-16(25)7-5-15)22(24(27)29)26-17-8-11-19-20(12-17)31-13-30-19/h2-12,26H,13H2,1H3. The molecule has 31 heavy (non-hydrogen) atoms. The summed E-state index contributed by atoms with van der Waals surface area (Å²) in [5, 5.41) is 3.06. The summed E-state index contributed by atoms with van der Waals surface area (Å²) in [7, 11) is 0. The van der Waals surface area contributed by atoms with Crippen LogP contribution < -0.4 is 19.7 Å². The third-order valence-electron chi connectivity index (χ3n) is 5.15. The fourth-order valence-corrected chi connectivity index (χ4v) is 3.58. The van der Waals surface area contributed by atoms with Crippen LogP contribution in [0.25, 0.3) is 5.57 Å². The Morgan fingerprint density at radius 2 is 1.58 bits per heavy atom. The molecule has 0 fully saturated rings. The highest BCUT2D eigenvalue weighted by Gasteiger charge is 2.40. The molecule has 6 nitrogen and oxygen atoms in total. The molecule has 1 N–H and O–H groups in total. The SMILES string of the molecule is Cc1ccc(N2C(=O)C(Nc3ccc4c(c3)OCO4)=C(c3ccc(F)cc3)C2=O)cc1. The van der Waals surface area contributed by atoms with Crippen molar-refractivity contribution in [1.82, 2.24) is 0 Å². The van der Waals surface area contributed by atoms with Crippen molar-refractivity contribution < 1.29 is 23.5 Å². The largest absolute Gasteiger partial charge is 0.454 e. The summed E-state index contributed by atoms with van der Waals surface area (Å²) in [6, 6.07) is 17.7. The Morgan fingerprint density at radius 3 is 2.32 bits per heavy atom. The Hall–Kier alpha value is -4.13. The molecule has 0 saturated heterocycles. The van der Waals surface area contributed by atoms with E-state index in [1.54, 1.807) is 30.3 Å². The third-order valence-corrected chi connectivity index (χ3v) is 5.15. The predicted molar refractivity (Wildman–Crippen MR) is 113 cm³/mol. The van der Waals surface area contributed by atoms with Crippen molar-refractivity contribution in [3.05, 3.63) is 89.4 Å². The van der Waals surface area contributed by atoms with Crippen LogP contribution in [-0.2, 0) is 9.59 Å². The van der Waals surface area contributed by atoms with Gasteiger partial charge < -0.3 is 14.8 Å². The number of nitrogens with one attached hydrogen (secondary N) is 1. The first-order valence-corrected chi connectivity index (χ1v) is 9.63. The number of nitrogens with zero attached hydrogens (tertiary/aromatic N) is 1. The molecule has 0 aromatic heterocycles. The highest BCUT2D eigenvalue weighted by Crippen LogP contribution is 2.37. The maximum Gasteiger partial charge on any atom is 0.282 e. The van der Waals surface area contributed by atoms with E-state index < -0.39 is 17.6 Å². The zero-order chi connectivity index (χ0) is 21.5. The van der Waals surface area contributed by atoms with Crippen molar-refractivity contribution in [2.45, 2.75) is 6.92 Å². The molecule has 2 aliphatic heterocycles. The van der Waals surface area contributed by atoms with Crippen LogP contribution in [0.2, 0.25) is 0 Å². The molecule has 2 heterocycles. The number of hydrogen-bond acceptors (Lipinski definition) is 5. The van der Waals surface area contributed by atoms with Crippen molar-refractivity contribution >= 4 is 28.8 Å². The molecular weight excluding hydrogens is 399 g/mol. The minimum Gasteiger partial charge on any atom is -0.454 e. The van der Waals surface area contributed by atoms with Crippen molar-refractivity contribution in [3.8, 4) is 11.5 Å². The number of carbonyl (C=O) groups is 2. The molecule has 7 heteroatoms. The monoisotopic (exact) mass is 416 g/mol. The van der Waals surface area contributed by atoms with Gasteiger partial charge >= 0.3 is 0 Å². The minimum atomic E-state index is -0.495. The average Bonchev–Trinajstić information content (AvgIpc) is 3.32. The summed E-state index contributed by atoms with van der Waals surface area (Å²) >= 11 is 0. The van der Waals surface area contributed by atoms with Crippen LogP contribution in [0.15, 0.2) is 72.4 Å². The van der Waals surface area contributed by atoms with Crippen molar-refractivity contribution in [1.29, 1.82) is 0 Å². The van der Waals surface area contributed by atoms with E-state index in [0.29, 0.717) is 28.4 Å². The summed E-state index contributed by atoms with van der Waals surface area (Å²) in [5.41, 5.74) is 2.75. The van der Waals surface area contributed by atoms with Crippen LogP contribution in [0.1, 0.15) is 11.1 Å². The Bertz CT molecular complexity index is 1230. The predicted octanol–water partition coefficient (Wildman–Crippen LogP) is 4.26. The van der Waals surface area contributed by atoms with E-state index in [1.165, 1.54) is 24.3 Å². The smallest absolute Gasteiger partial charge is 0.282 e. The first-order chi connectivity index (χ1) is 15.0. The summed E-state index contributed by atoms with van der Waals surface area (Å²) in [6.07, 6.45) is 0.